The summed E-state index contributed by atoms with van der Waals surface area (Å²) in [6.45, 7) is 0.380. The van der Waals surface area contributed by atoms with E-state index in [0.717, 1.165) is 34.1 Å². The van der Waals surface area contributed by atoms with Crippen molar-refractivity contribution in [1.82, 2.24) is 4.90 Å². The van der Waals surface area contributed by atoms with Gasteiger partial charge in [-0.15, -0.1) is 0 Å². The zero-order valence-electron chi connectivity index (χ0n) is 17.0. The fourth-order valence-electron chi connectivity index (χ4n) is 4.15. The van der Waals surface area contributed by atoms with Crippen LogP contribution < -0.4 is 10.5 Å². The van der Waals surface area contributed by atoms with Gasteiger partial charge in [-0.25, -0.2) is 0 Å². The molecule has 0 amide bonds. The summed E-state index contributed by atoms with van der Waals surface area (Å²) in [6.07, 6.45) is 2.02. The van der Waals surface area contributed by atoms with Crippen LogP contribution in [0.3, 0.4) is 0 Å². The summed E-state index contributed by atoms with van der Waals surface area (Å²) in [5.74, 6) is 0.473. The van der Waals surface area contributed by atoms with Gasteiger partial charge in [0.05, 0.1) is 22.6 Å². The number of hydrogen-bond donors (Lipinski definition) is 1. The first-order chi connectivity index (χ1) is 14.9. The van der Waals surface area contributed by atoms with Gasteiger partial charge in [-0.05, 0) is 48.2 Å². The van der Waals surface area contributed by atoms with Crippen molar-refractivity contribution in [1.29, 1.82) is 5.26 Å². The summed E-state index contributed by atoms with van der Waals surface area (Å²) in [5, 5.41) is 10.3. The SMILES string of the molecule is CN1C(N)=C(C#N)[C@H](c2ccc(OCc3ccc(Br)cc3)c(Cl)c2)C2=C1CCCC2=O. The van der Waals surface area contributed by atoms with Crippen LogP contribution in [0, 0.1) is 11.3 Å². The zero-order chi connectivity index (χ0) is 22.1. The number of nitriles is 1. The molecule has 1 atom stereocenters. The molecule has 0 unspecified atom stereocenters. The third-order valence-corrected chi connectivity index (χ3v) is 6.59. The van der Waals surface area contributed by atoms with Crippen LogP contribution >= 0.6 is 27.5 Å². The van der Waals surface area contributed by atoms with Gasteiger partial charge in [-0.1, -0.05) is 45.7 Å². The number of nitrogens with zero attached hydrogens (tertiary/aromatic N) is 2. The predicted molar refractivity (Wildman–Crippen MR) is 123 cm³/mol. The van der Waals surface area contributed by atoms with Crippen molar-refractivity contribution in [3.8, 4) is 11.8 Å². The van der Waals surface area contributed by atoms with Crippen LogP contribution in [0.1, 0.15) is 36.3 Å². The molecule has 2 aliphatic rings. The van der Waals surface area contributed by atoms with Crippen molar-refractivity contribution >= 4 is 33.3 Å². The highest BCUT2D eigenvalue weighted by atomic mass is 79.9. The molecule has 0 saturated heterocycles. The van der Waals surface area contributed by atoms with E-state index in [1.165, 1.54) is 0 Å². The molecule has 31 heavy (non-hydrogen) atoms. The molecule has 158 valence electrons. The first-order valence-corrected chi connectivity index (χ1v) is 11.1. The van der Waals surface area contributed by atoms with Gasteiger partial charge < -0.3 is 15.4 Å². The topological polar surface area (TPSA) is 79.3 Å². The predicted octanol–water partition coefficient (Wildman–Crippen LogP) is 5.41. The fourth-order valence-corrected chi connectivity index (χ4v) is 4.66. The average Bonchev–Trinajstić information content (AvgIpc) is 2.76. The van der Waals surface area contributed by atoms with Crippen LogP contribution in [0.2, 0.25) is 5.02 Å². The Hall–Kier alpha value is -2.75. The molecule has 0 bridgehead atoms. The van der Waals surface area contributed by atoms with Gasteiger partial charge in [-0.3, -0.25) is 4.79 Å². The maximum Gasteiger partial charge on any atom is 0.161 e. The molecule has 0 radical (unpaired) electrons. The van der Waals surface area contributed by atoms with E-state index in [4.69, 9.17) is 22.1 Å². The second-order valence-corrected chi connectivity index (χ2v) is 8.97. The van der Waals surface area contributed by atoms with Gasteiger partial charge in [0.15, 0.2) is 5.78 Å². The largest absolute Gasteiger partial charge is 0.487 e. The van der Waals surface area contributed by atoms with Crippen molar-refractivity contribution in [3.05, 3.63) is 85.8 Å². The van der Waals surface area contributed by atoms with Crippen LogP contribution in [-0.4, -0.2) is 17.7 Å². The minimum atomic E-state index is -0.512. The highest BCUT2D eigenvalue weighted by Gasteiger charge is 2.38. The molecule has 1 aliphatic carbocycles. The van der Waals surface area contributed by atoms with Gasteiger partial charge in [0.25, 0.3) is 0 Å². The number of allylic oxidation sites excluding steroid dienone is 3. The van der Waals surface area contributed by atoms with E-state index in [-0.39, 0.29) is 5.78 Å². The average molecular weight is 499 g/mol. The van der Waals surface area contributed by atoms with Crippen molar-refractivity contribution in [2.75, 3.05) is 7.05 Å². The van der Waals surface area contributed by atoms with Crippen LogP contribution in [0.15, 0.2) is 69.6 Å². The summed E-state index contributed by atoms with van der Waals surface area (Å²) >= 11 is 9.95. The Morgan fingerprint density at radius 1 is 1.26 bits per heavy atom. The number of rotatable bonds is 4. The first kappa shape index (κ1) is 21.5. The number of hydrogen-bond acceptors (Lipinski definition) is 5. The molecular formula is C24H21BrClN3O2. The van der Waals surface area contributed by atoms with E-state index in [0.29, 0.717) is 40.8 Å². The number of Topliss-reactive ketones (excluding diaryl/α,β-unsaturated/α-hetero) is 1. The van der Waals surface area contributed by atoms with Gasteiger partial charge in [0, 0.05) is 29.2 Å². The number of halogens is 2. The molecule has 2 aromatic carbocycles. The first-order valence-electron chi connectivity index (χ1n) is 9.97. The monoisotopic (exact) mass is 497 g/mol. The fraction of sp³-hybridized carbons (Fsp3) is 0.250. The lowest BCUT2D eigenvalue weighted by atomic mass is 9.76. The molecule has 2 N–H and O–H groups in total. The Kier molecular flexibility index (Phi) is 6.08. The molecule has 0 fully saturated rings. The van der Waals surface area contributed by atoms with Crippen LogP contribution in [-0.2, 0) is 11.4 Å². The minimum absolute atomic E-state index is 0.0602. The third kappa shape index (κ3) is 4.08. The number of carbonyl (C=O) groups is 1. The van der Waals surface area contributed by atoms with Gasteiger partial charge >= 0.3 is 0 Å². The highest BCUT2D eigenvalue weighted by Crippen LogP contribution is 2.45. The minimum Gasteiger partial charge on any atom is -0.487 e. The maximum atomic E-state index is 12.8. The lowest BCUT2D eigenvalue weighted by Crippen LogP contribution is -2.36. The van der Waals surface area contributed by atoms with E-state index < -0.39 is 5.92 Å². The van der Waals surface area contributed by atoms with E-state index >= 15 is 0 Å². The number of ether oxygens (including phenoxy) is 1. The van der Waals surface area contributed by atoms with Gasteiger partial charge in [0.1, 0.15) is 18.2 Å². The quantitative estimate of drug-likeness (QED) is 0.609. The Labute approximate surface area is 194 Å². The zero-order valence-corrected chi connectivity index (χ0v) is 19.3. The Morgan fingerprint density at radius 2 is 2.00 bits per heavy atom. The van der Waals surface area contributed by atoms with E-state index in [2.05, 4.69) is 22.0 Å². The van der Waals surface area contributed by atoms with Crippen molar-refractivity contribution in [2.45, 2.75) is 31.8 Å². The van der Waals surface area contributed by atoms with E-state index in [9.17, 15) is 10.1 Å². The molecule has 1 aliphatic heterocycles. The number of carbonyl (C=O) groups excluding carboxylic acids is 1. The highest BCUT2D eigenvalue weighted by molar-refractivity contribution is 9.10. The molecule has 5 nitrogen and oxygen atoms in total. The lowest BCUT2D eigenvalue weighted by molar-refractivity contribution is -0.116. The summed E-state index contributed by atoms with van der Waals surface area (Å²) < 4.78 is 6.89. The summed E-state index contributed by atoms with van der Waals surface area (Å²) in [5.41, 5.74) is 9.97. The van der Waals surface area contributed by atoms with E-state index in [1.54, 1.807) is 17.0 Å². The Morgan fingerprint density at radius 3 is 2.68 bits per heavy atom. The summed E-state index contributed by atoms with van der Waals surface area (Å²) in [4.78, 5) is 14.6. The standard InChI is InChI=1S/C24H21BrClN3O2/c1-29-19-3-2-4-20(30)23(19)22(17(12-27)24(29)28)15-7-10-21(18(26)11-15)31-13-14-5-8-16(25)9-6-14/h5-11,22H,2-4,13,28H2,1H3/t22-/m0/s1. The maximum absolute atomic E-state index is 12.8. The molecule has 0 spiro atoms. The Balaban J connectivity index is 1.67. The van der Waals surface area contributed by atoms with E-state index in [1.807, 2.05) is 37.4 Å². The van der Waals surface area contributed by atoms with Crippen molar-refractivity contribution in [2.24, 2.45) is 5.73 Å². The number of ketones is 1. The third-order valence-electron chi connectivity index (χ3n) is 5.77. The number of nitrogens with two attached hydrogens (primary N) is 1. The van der Waals surface area contributed by atoms with Crippen molar-refractivity contribution in [3.63, 3.8) is 0 Å². The number of benzene rings is 2. The van der Waals surface area contributed by atoms with Crippen LogP contribution in [0.4, 0.5) is 0 Å². The molecule has 7 heteroatoms. The van der Waals surface area contributed by atoms with Crippen molar-refractivity contribution < 1.29 is 9.53 Å². The second kappa shape index (κ2) is 8.78. The van der Waals surface area contributed by atoms with Crippen LogP contribution in [0.25, 0.3) is 0 Å². The molecular weight excluding hydrogens is 478 g/mol. The van der Waals surface area contributed by atoms with Crippen LogP contribution in [0.5, 0.6) is 5.75 Å². The summed E-state index contributed by atoms with van der Waals surface area (Å²) in [6, 6.07) is 15.5. The summed E-state index contributed by atoms with van der Waals surface area (Å²) in [7, 11) is 1.81. The smallest absolute Gasteiger partial charge is 0.161 e. The molecule has 1 heterocycles. The second-order valence-electron chi connectivity index (χ2n) is 7.64. The Bertz CT molecular complexity index is 1150. The lowest BCUT2D eigenvalue weighted by Gasteiger charge is -2.37. The van der Waals surface area contributed by atoms with Gasteiger partial charge in [-0.2, -0.15) is 5.26 Å². The molecule has 2 aromatic rings. The molecule has 4 rings (SSSR count). The molecule has 0 saturated carbocycles. The van der Waals surface area contributed by atoms with Gasteiger partial charge in [0.2, 0.25) is 0 Å². The normalized spacial score (nSPS) is 18.7. The molecule has 0 aromatic heterocycles.